The Morgan fingerprint density at radius 3 is 2.50 bits per heavy atom. The number of hydrogen-bond donors (Lipinski definition) is 2. The fourth-order valence-corrected chi connectivity index (χ4v) is 2.10. The summed E-state index contributed by atoms with van der Waals surface area (Å²) in [6.45, 7) is 3.35. The number of nitrogens with one attached hydrogen (secondary N) is 1. The molecule has 1 saturated carbocycles. The SMILES string of the molecule is CC(CN)CC(=O)NCC1(N(C)C)CCC1. The number of likely N-dealkylation sites (N-methyl/N-ethyl adjacent to an activating group) is 1. The molecule has 1 atom stereocenters. The molecule has 94 valence electrons. The Balaban J connectivity index is 2.30. The second-order valence-corrected chi connectivity index (χ2v) is 5.29. The topological polar surface area (TPSA) is 58.4 Å². The summed E-state index contributed by atoms with van der Waals surface area (Å²) in [5.74, 6) is 0.405. The number of hydrogen-bond acceptors (Lipinski definition) is 3. The predicted octanol–water partition coefficient (Wildman–Crippen LogP) is 0.572. The summed E-state index contributed by atoms with van der Waals surface area (Å²) < 4.78 is 0. The first kappa shape index (κ1) is 13.5. The highest BCUT2D eigenvalue weighted by atomic mass is 16.1. The van der Waals surface area contributed by atoms with Gasteiger partial charge in [0.05, 0.1) is 0 Å². The summed E-state index contributed by atoms with van der Waals surface area (Å²) in [5.41, 5.74) is 5.71. The minimum absolute atomic E-state index is 0.131. The van der Waals surface area contributed by atoms with Gasteiger partial charge in [-0.3, -0.25) is 4.79 Å². The van der Waals surface area contributed by atoms with E-state index in [1.807, 2.05) is 6.92 Å². The van der Waals surface area contributed by atoms with Crippen LogP contribution < -0.4 is 11.1 Å². The lowest BCUT2D eigenvalue weighted by Crippen LogP contribution is -2.57. The van der Waals surface area contributed by atoms with Crippen LogP contribution in [0.4, 0.5) is 0 Å². The van der Waals surface area contributed by atoms with E-state index >= 15 is 0 Å². The van der Waals surface area contributed by atoms with Crippen molar-refractivity contribution in [2.45, 2.75) is 38.1 Å². The molecular weight excluding hydrogens is 202 g/mol. The van der Waals surface area contributed by atoms with Crippen molar-refractivity contribution >= 4 is 5.91 Å². The van der Waals surface area contributed by atoms with Crippen LogP contribution in [-0.2, 0) is 4.79 Å². The van der Waals surface area contributed by atoms with Crippen molar-refractivity contribution < 1.29 is 4.79 Å². The molecule has 0 aromatic carbocycles. The van der Waals surface area contributed by atoms with Gasteiger partial charge in [0.25, 0.3) is 0 Å². The number of nitrogens with zero attached hydrogens (tertiary/aromatic N) is 1. The molecule has 0 bridgehead atoms. The van der Waals surface area contributed by atoms with Crippen molar-refractivity contribution in [2.24, 2.45) is 11.7 Å². The summed E-state index contributed by atoms with van der Waals surface area (Å²) in [5, 5.41) is 3.04. The van der Waals surface area contributed by atoms with Gasteiger partial charge in [-0.1, -0.05) is 6.92 Å². The molecule has 0 saturated heterocycles. The van der Waals surface area contributed by atoms with Crippen LogP contribution >= 0.6 is 0 Å². The van der Waals surface area contributed by atoms with Gasteiger partial charge in [0.2, 0.25) is 5.91 Å². The third kappa shape index (κ3) is 3.19. The van der Waals surface area contributed by atoms with Gasteiger partial charge in [-0.05, 0) is 45.8 Å². The first-order valence-electron chi connectivity index (χ1n) is 6.14. The fourth-order valence-electron chi connectivity index (χ4n) is 2.10. The van der Waals surface area contributed by atoms with Crippen LogP contribution in [0.1, 0.15) is 32.6 Å². The molecule has 0 aliphatic heterocycles. The van der Waals surface area contributed by atoms with Crippen molar-refractivity contribution in [3.63, 3.8) is 0 Å². The average Bonchev–Trinajstić information content (AvgIpc) is 2.15. The van der Waals surface area contributed by atoms with Gasteiger partial charge in [-0.25, -0.2) is 0 Å². The molecule has 3 N–H and O–H groups in total. The van der Waals surface area contributed by atoms with Crippen LogP contribution in [0.2, 0.25) is 0 Å². The minimum atomic E-state index is 0.131. The Bertz CT molecular complexity index is 236. The zero-order chi connectivity index (χ0) is 12.2. The first-order valence-corrected chi connectivity index (χ1v) is 6.14. The number of amides is 1. The fraction of sp³-hybridized carbons (Fsp3) is 0.917. The van der Waals surface area contributed by atoms with Crippen LogP contribution in [0.3, 0.4) is 0 Å². The number of rotatable bonds is 6. The molecule has 1 aliphatic rings. The second kappa shape index (κ2) is 5.64. The highest BCUT2D eigenvalue weighted by molar-refractivity contribution is 5.76. The maximum absolute atomic E-state index is 11.6. The molecule has 0 aromatic rings. The minimum Gasteiger partial charge on any atom is -0.354 e. The normalized spacial score (nSPS) is 20.3. The zero-order valence-electron chi connectivity index (χ0n) is 10.8. The van der Waals surface area contributed by atoms with E-state index in [2.05, 4.69) is 24.3 Å². The lowest BCUT2D eigenvalue weighted by Gasteiger charge is -2.47. The van der Waals surface area contributed by atoms with Crippen molar-refractivity contribution in [3.8, 4) is 0 Å². The summed E-state index contributed by atoms with van der Waals surface area (Å²) in [6, 6.07) is 0. The van der Waals surface area contributed by atoms with Gasteiger partial charge >= 0.3 is 0 Å². The molecule has 4 nitrogen and oxygen atoms in total. The van der Waals surface area contributed by atoms with Crippen LogP contribution in [0.25, 0.3) is 0 Å². The third-order valence-electron chi connectivity index (χ3n) is 3.78. The summed E-state index contributed by atoms with van der Waals surface area (Å²) >= 11 is 0. The Morgan fingerprint density at radius 2 is 2.12 bits per heavy atom. The Morgan fingerprint density at radius 1 is 1.50 bits per heavy atom. The molecule has 16 heavy (non-hydrogen) atoms. The monoisotopic (exact) mass is 227 g/mol. The largest absolute Gasteiger partial charge is 0.354 e. The van der Waals surface area contributed by atoms with Gasteiger partial charge in [-0.2, -0.15) is 0 Å². The molecule has 0 aromatic heterocycles. The van der Waals surface area contributed by atoms with E-state index in [4.69, 9.17) is 5.73 Å². The van der Waals surface area contributed by atoms with Crippen LogP contribution in [-0.4, -0.2) is 43.5 Å². The van der Waals surface area contributed by atoms with E-state index in [-0.39, 0.29) is 17.4 Å². The van der Waals surface area contributed by atoms with E-state index < -0.39 is 0 Å². The summed E-state index contributed by atoms with van der Waals surface area (Å²) in [7, 11) is 4.18. The number of nitrogens with two attached hydrogens (primary N) is 1. The van der Waals surface area contributed by atoms with E-state index in [0.717, 1.165) is 6.54 Å². The molecular formula is C12H25N3O. The smallest absolute Gasteiger partial charge is 0.220 e. The quantitative estimate of drug-likeness (QED) is 0.697. The van der Waals surface area contributed by atoms with E-state index in [0.29, 0.717) is 13.0 Å². The van der Waals surface area contributed by atoms with Gasteiger partial charge in [0.15, 0.2) is 0 Å². The molecule has 0 spiro atoms. The second-order valence-electron chi connectivity index (χ2n) is 5.29. The van der Waals surface area contributed by atoms with Crippen LogP contribution in [0.5, 0.6) is 0 Å². The maximum atomic E-state index is 11.6. The molecule has 1 unspecified atom stereocenters. The molecule has 4 heteroatoms. The van der Waals surface area contributed by atoms with Gasteiger partial charge in [-0.15, -0.1) is 0 Å². The van der Waals surface area contributed by atoms with Crippen LogP contribution in [0, 0.1) is 5.92 Å². The van der Waals surface area contributed by atoms with E-state index in [1.54, 1.807) is 0 Å². The van der Waals surface area contributed by atoms with Crippen molar-refractivity contribution in [1.29, 1.82) is 0 Å². The third-order valence-corrected chi connectivity index (χ3v) is 3.78. The Labute approximate surface area is 98.6 Å². The molecule has 0 radical (unpaired) electrons. The van der Waals surface area contributed by atoms with E-state index in [1.165, 1.54) is 19.3 Å². The first-order chi connectivity index (χ1) is 7.50. The van der Waals surface area contributed by atoms with Crippen LogP contribution in [0.15, 0.2) is 0 Å². The molecule has 1 aliphatic carbocycles. The van der Waals surface area contributed by atoms with E-state index in [9.17, 15) is 4.79 Å². The standard InChI is InChI=1S/C12H25N3O/c1-10(8-13)7-11(16)14-9-12(15(2)3)5-4-6-12/h10H,4-9,13H2,1-3H3,(H,14,16). The molecule has 0 heterocycles. The van der Waals surface area contributed by atoms with Gasteiger partial charge < -0.3 is 16.0 Å². The number of carbonyl (C=O) groups is 1. The van der Waals surface area contributed by atoms with Gasteiger partial charge in [0.1, 0.15) is 0 Å². The lowest BCUT2D eigenvalue weighted by molar-refractivity contribution is -0.122. The summed E-state index contributed by atoms with van der Waals surface area (Å²) in [4.78, 5) is 13.9. The zero-order valence-corrected chi connectivity index (χ0v) is 10.8. The molecule has 1 rings (SSSR count). The van der Waals surface area contributed by atoms with Crippen molar-refractivity contribution in [3.05, 3.63) is 0 Å². The highest BCUT2D eigenvalue weighted by Gasteiger charge is 2.39. The average molecular weight is 227 g/mol. The van der Waals surface area contributed by atoms with Gasteiger partial charge in [0, 0.05) is 18.5 Å². The summed E-state index contributed by atoms with van der Waals surface area (Å²) in [6.07, 6.45) is 4.19. The highest BCUT2D eigenvalue weighted by Crippen LogP contribution is 2.35. The predicted molar refractivity (Wildman–Crippen MR) is 66.1 cm³/mol. The number of carbonyl (C=O) groups excluding carboxylic acids is 1. The maximum Gasteiger partial charge on any atom is 0.220 e. The Kier molecular flexibility index (Phi) is 4.74. The van der Waals surface area contributed by atoms with Crippen molar-refractivity contribution in [1.82, 2.24) is 10.2 Å². The molecule has 1 fully saturated rings. The lowest BCUT2D eigenvalue weighted by atomic mass is 9.75. The molecule has 1 amide bonds. The van der Waals surface area contributed by atoms with Crippen molar-refractivity contribution in [2.75, 3.05) is 27.2 Å². The Hall–Kier alpha value is -0.610.